The fraction of sp³-hybridized carbons (Fsp3) is 0.429. The quantitative estimate of drug-likeness (QED) is 0.745. The fourth-order valence-corrected chi connectivity index (χ4v) is 3.86. The lowest BCUT2D eigenvalue weighted by molar-refractivity contribution is -0.135. The second kappa shape index (κ2) is 8.17. The molecule has 2 aliphatic heterocycles. The highest BCUT2D eigenvalue weighted by Gasteiger charge is 2.33. The van der Waals surface area contributed by atoms with E-state index in [1.54, 1.807) is 19.1 Å². The number of rotatable bonds is 5. The van der Waals surface area contributed by atoms with Crippen LogP contribution in [0.1, 0.15) is 29.7 Å². The normalized spacial score (nSPS) is 18.0. The molecule has 30 heavy (non-hydrogen) atoms. The Morgan fingerprint density at radius 3 is 2.70 bits per heavy atom. The van der Waals surface area contributed by atoms with Gasteiger partial charge in [0.05, 0.1) is 24.9 Å². The van der Waals surface area contributed by atoms with Crippen molar-refractivity contribution in [2.45, 2.75) is 38.4 Å². The summed E-state index contributed by atoms with van der Waals surface area (Å²) < 4.78 is 6.65. The van der Waals surface area contributed by atoms with Gasteiger partial charge in [0.1, 0.15) is 11.8 Å². The van der Waals surface area contributed by atoms with Gasteiger partial charge in [0.25, 0.3) is 5.56 Å². The fourth-order valence-electron chi connectivity index (χ4n) is 3.86. The minimum absolute atomic E-state index is 0.101. The molecule has 0 bridgehead atoms. The lowest BCUT2D eigenvalue weighted by atomic mass is 10.1. The first kappa shape index (κ1) is 19.9. The molecule has 2 aromatic rings. The van der Waals surface area contributed by atoms with Crippen LogP contribution in [-0.4, -0.2) is 46.0 Å². The van der Waals surface area contributed by atoms with Crippen molar-refractivity contribution < 1.29 is 14.3 Å². The van der Waals surface area contributed by atoms with Crippen molar-refractivity contribution in [2.75, 3.05) is 19.0 Å². The van der Waals surface area contributed by atoms with E-state index in [9.17, 15) is 14.4 Å². The molecule has 1 aromatic heterocycles. The van der Waals surface area contributed by atoms with Crippen LogP contribution in [0.3, 0.4) is 0 Å². The summed E-state index contributed by atoms with van der Waals surface area (Å²) in [5.74, 6) is 1.05. The predicted molar refractivity (Wildman–Crippen MR) is 110 cm³/mol. The highest BCUT2D eigenvalue weighted by Crippen LogP contribution is 2.19. The van der Waals surface area contributed by atoms with Crippen LogP contribution < -0.4 is 20.9 Å². The van der Waals surface area contributed by atoms with Gasteiger partial charge in [-0.05, 0) is 24.1 Å². The van der Waals surface area contributed by atoms with Gasteiger partial charge in [-0.3, -0.25) is 19.0 Å². The van der Waals surface area contributed by atoms with E-state index in [-0.39, 0.29) is 23.9 Å². The van der Waals surface area contributed by atoms with E-state index in [2.05, 4.69) is 15.6 Å². The van der Waals surface area contributed by atoms with Crippen LogP contribution in [-0.2, 0) is 36.1 Å². The smallest absolute Gasteiger partial charge is 0.259 e. The number of carbonyl (C=O) groups excluding carboxylic acids is 2. The molecule has 0 saturated carbocycles. The van der Waals surface area contributed by atoms with E-state index in [1.165, 1.54) is 4.57 Å². The maximum Gasteiger partial charge on any atom is 0.259 e. The molecule has 0 spiro atoms. The Labute approximate surface area is 174 Å². The minimum atomic E-state index is -0.485. The van der Waals surface area contributed by atoms with Gasteiger partial charge in [0.2, 0.25) is 17.8 Å². The van der Waals surface area contributed by atoms with Crippen LogP contribution in [0.5, 0.6) is 5.75 Å². The van der Waals surface area contributed by atoms with Crippen LogP contribution in [0, 0.1) is 0 Å². The molecule has 1 aromatic carbocycles. The predicted octanol–water partition coefficient (Wildman–Crippen LogP) is 0.564. The third kappa shape index (κ3) is 3.87. The Morgan fingerprint density at radius 1 is 1.27 bits per heavy atom. The van der Waals surface area contributed by atoms with Gasteiger partial charge in [0, 0.05) is 33.0 Å². The number of benzene rings is 1. The summed E-state index contributed by atoms with van der Waals surface area (Å²) in [5, 5.41) is 5.93. The van der Waals surface area contributed by atoms with Crippen LogP contribution in [0.2, 0.25) is 0 Å². The van der Waals surface area contributed by atoms with E-state index in [0.29, 0.717) is 43.9 Å². The van der Waals surface area contributed by atoms with Crippen LogP contribution in [0.15, 0.2) is 29.1 Å². The molecule has 158 valence electrons. The molecule has 4 rings (SSSR count). The summed E-state index contributed by atoms with van der Waals surface area (Å²) in [6.07, 6.45) is 1.38. The Kier molecular flexibility index (Phi) is 5.43. The average Bonchev–Trinajstić information content (AvgIpc) is 3.21. The summed E-state index contributed by atoms with van der Waals surface area (Å²) in [7, 11) is 3.29. The third-order valence-corrected chi connectivity index (χ3v) is 5.65. The van der Waals surface area contributed by atoms with Crippen molar-refractivity contribution in [3.8, 4) is 5.75 Å². The Bertz CT molecular complexity index is 1030. The Morgan fingerprint density at radius 2 is 2.03 bits per heavy atom. The summed E-state index contributed by atoms with van der Waals surface area (Å²) in [5.41, 5.74) is 2.13. The van der Waals surface area contributed by atoms with Crippen molar-refractivity contribution in [1.29, 1.82) is 0 Å². The monoisotopic (exact) mass is 411 g/mol. The van der Waals surface area contributed by atoms with E-state index < -0.39 is 6.04 Å². The highest BCUT2D eigenvalue weighted by atomic mass is 16.5. The Hall–Kier alpha value is -3.36. The molecule has 9 nitrogen and oxygen atoms in total. The van der Waals surface area contributed by atoms with Gasteiger partial charge in [0.15, 0.2) is 0 Å². The zero-order chi connectivity index (χ0) is 21.3. The SMILES string of the molecule is COc1ccc(CNc2nc3c(c(=O)n2C)CN(C(=O)C2CCC(=O)N2)CC3)cc1. The number of carbonyl (C=O) groups is 2. The number of nitrogens with one attached hydrogen (secondary N) is 2. The summed E-state index contributed by atoms with van der Waals surface area (Å²) in [6.45, 7) is 1.23. The second-order valence-electron chi connectivity index (χ2n) is 7.60. The largest absolute Gasteiger partial charge is 0.497 e. The maximum absolute atomic E-state index is 12.9. The minimum Gasteiger partial charge on any atom is -0.497 e. The summed E-state index contributed by atoms with van der Waals surface area (Å²) in [6, 6.07) is 7.19. The second-order valence-corrected chi connectivity index (χ2v) is 7.60. The number of hydrogen-bond donors (Lipinski definition) is 2. The molecule has 1 fully saturated rings. The summed E-state index contributed by atoms with van der Waals surface area (Å²) >= 11 is 0. The maximum atomic E-state index is 12.9. The Balaban J connectivity index is 1.48. The zero-order valence-electron chi connectivity index (χ0n) is 17.1. The first-order valence-electron chi connectivity index (χ1n) is 10.00. The van der Waals surface area contributed by atoms with Crippen molar-refractivity contribution in [3.05, 3.63) is 51.4 Å². The first-order valence-corrected chi connectivity index (χ1v) is 10.00. The molecule has 0 radical (unpaired) electrons. The topological polar surface area (TPSA) is 106 Å². The van der Waals surface area contributed by atoms with E-state index in [1.807, 2.05) is 24.3 Å². The van der Waals surface area contributed by atoms with Crippen LogP contribution in [0.25, 0.3) is 0 Å². The lowest BCUT2D eigenvalue weighted by Gasteiger charge is -2.30. The van der Waals surface area contributed by atoms with E-state index in [4.69, 9.17) is 4.74 Å². The van der Waals surface area contributed by atoms with Gasteiger partial charge >= 0.3 is 0 Å². The summed E-state index contributed by atoms with van der Waals surface area (Å²) in [4.78, 5) is 43.3. The van der Waals surface area contributed by atoms with Crippen molar-refractivity contribution >= 4 is 17.8 Å². The molecule has 1 atom stereocenters. The number of aromatic nitrogens is 2. The number of fused-ring (bicyclic) bond motifs is 1. The number of ether oxygens (including phenoxy) is 1. The number of anilines is 1. The lowest BCUT2D eigenvalue weighted by Crippen LogP contribution is -2.48. The standard InChI is InChI=1S/C21H25N5O4/c1-25-19(28)15-12-26(20(29)17-7-8-18(27)23-17)10-9-16(15)24-21(25)22-11-13-3-5-14(30-2)6-4-13/h3-6,17H,7-12H2,1-2H3,(H,22,24)(H,23,27). The van der Waals surface area contributed by atoms with Crippen LogP contribution in [0.4, 0.5) is 5.95 Å². The number of methoxy groups -OCH3 is 1. The van der Waals surface area contributed by atoms with E-state index >= 15 is 0 Å². The molecule has 0 aliphatic carbocycles. The molecular weight excluding hydrogens is 386 g/mol. The number of hydrogen-bond acceptors (Lipinski definition) is 6. The number of amides is 2. The van der Waals surface area contributed by atoms with Crippen molar-refractivity contribution in [3.63, 3.8) is 0 Å². The zero-order valence-corrected chi connectivity index (χ0v) is 17.1. The van der Waals surface area contributed by atoms with Crippen LogP contribution >= 0.6 is 0 Å². The van der Waals surface area contributed by atoms with Gasteiger partial charge < -0.3 is 20.3 Å². The van der Waals surface area contributed by atoms with Gasteiger partial charge in [-0.1, -0.05) is 12.1 Å². The van der Waals surface area contributed by atoms with Crippen molar-refractivity contribution in [1.82, 2.24) is 19.8 Å². The molecule has 1 unspecified atom stereocenters. The molecule has 9 heteroatoms. The molecule has 2 amide bonds. The molecule has 2 N–H and O–H groups in total. The first-order chi connectivity index (χ1) is 14.5. The van der Waals surface area contributed by atoms with Crippen molar-refractivity contribution in [2.24, 2.45) is 7.05 Å². The van der Waals surface area contributed by atoms with E-state index in [0.717, 1.165) is 17.0 Å². The number of nitrogens with zero attached hydrogens (tertiary/aromatic N) is 3. The highest BCUT2D eigenvalue weighted by molar-refractivity contribution is 5.90. The molecule has 2 aliphatic rings. The van der Waals surface area contributed by atoms with Gasteiger partial charge in [-0.15, -0.1) is 0 Å². The molecular formula is C21H25N5O4. The average molecular weight is 411 g/mol. The van der Waals surface area contributed by atoms with Gasteiger partial charge in [-0.2, -0.15) is 0 Å². The van der Waals surface area contributed by atoms with Gasteiger partial charge in [-0.25, -0.2) is 4.98 Å². The third-order valence-electron chi connectivity index (χ3n) is 5.65. The molecule has 1 saturated heterocycles. The molecule has 3 heterocycles.